The number of likely N-dealkylation sites (N-methyl/N-ethyl adjacent to an activating group) is 1. The van der Waals surface area contributed by atoms with E-state index in [9.17, 15) is 8.42 Å². The van der Waals surface area contributed by atoms with Gasteiger partial charge < -0.3 is 9.84 Å². The molecular formula is C11H23NO4S. The molecule has 102 valence electrons. The molecule has 0 saturated carbocycles. The van der Waals surface area contributed by atoms with Crippen molar-refractivity contribution in [1.29, 1.82) is 0 Å². The predicted octanol–water partition coefficient (Wildman–Crippen LogP) is 0.590. The van der Waals surface area contributed by atoms with Crippen molar-refractivity contribution in [2.45, 2.75) is 38.2 Å². The highest BCUT2D eigenvalue weighted by molar-refractivity contribution is 7.89. The molecule has 1 aliphatic heterocycles. The van der Waals surface area contributed by atoms with Crippen molar-refractivity contribution in [3.8, 4) is 0 Å². The molecule has 1 unspecified atom stereocenters. The molecule has 0 spiro atoms. The van der Waals surface area contributed by atoms with Crippen molar-refractivity contribution in [1.82, 2.24) is 4.31 Å². The normalized spacial score (nSPS) is 21.9. The Hall–Kier alpha value is -0.170. The van der Waals surface area contributed by atoms with E-state index >= 15 is 0 Å². The lowest BCUT2D eigenvalue weighted by atomic mass is 10.1. The van der Waals surface area contributed by atoms with Crippen LogP contribution in [-0.4, -0.2) is 56.5 Å². The van der Waals surface area contributed by atoms with Gasteiger partial charge in [0, 0.05) is 26.8 Å². The Labute approximate surface area is 104 Å². The van der Waals surface area contributed by atoms with Gasteiger partial charge in [0.2, 0.25) is 10.0 Å². The number of aliphatic hydroxyl groups excluding tert-OH is 1. The van der Waals surface area contributed by atoms with E-state index in [1.807, 2.05) is 0 Å². The first kappa shape index (κ1) is 14.9. The molecule has 1 saturated heterocycles. The minimum absolute atomic E-state index is 0.0429. The molecule has 0 aliphatic carbocycles. The molecule has 5 nitrogen and oxygen atoms in total. The second kappa shape index (κ2) is 7.31. The summed E-state index contributed by atoms with van der Waals surface area (Å²) in [6.45, 7) is 1.23. The number of hydrogen-bond donors (Lipinski definition) is 1. The lowest BCUT2D eigenvalue weighted by molar-refractivity contribution is 0.00858. The van der Waals surface area contributed by atoms with E-state index in [4.69, 9.17) is 9.84 Å². The van der Waals surface area contributed by atoms with Gasteiger partial charge in [0.05, 0.1) is 11.9 Å². The Morgan fingerprint density at radius 3 is 2.71 bits per heavy atom. The standard InChI is InChI=1S/C11H23NO4S/c1-12(10-11-6-2-4-8-16-11)17(14,15)9-5-3-7-13/h11,13H,2-10H2,1H3. The van der Waals surface area contributed by atoms with Crippen LogP contribution in [0.3, 0.4) is 0 Å². The molecule has 1 aliphatic rings. The summed E-state index contributed by atoms with van der Waals surface area (Å²) in [5.74, 6) is 0.108. The zero-order valence-corrected chi connectivity index (χ0v) is 11.3. The number of ether oxygens (including phenoxy) is 1. The summed E-state index contributed by atoms with van der Waals surface area (Å²) in [4.78, 5) is 0. The number of sulfonamides is 1. The van der Waals surface area contributed by atoms with Gasteiger partial charge in [-0.05, 0) is 32.1 Å². The maximum Gasteiger partial charge on any atom is 0.213 e. The van der Waals surface area contributed by atoms with E-state index < -0.39 is 10.0 Å². The Balaban J connectivity index is 2.36. The number of aliphatic hydroxyl groups is 1. The molecular weight excluding hydrogens is 242 g/mol. The first-order valence-electron chi connectivity index (χ1n) is 6.23. The van der Waals surface area contributed by atoms with Gasteiger partial charge in [0.1, 0.15) is 0 Å². The van der Waals surface area contributed by atoms with Gasteiger partial charge in [-0.15, -0.1) is 0 Å². The molecule has 0 bridgehead atoms. The van der Waals surface area contributed by atoms with Crippen LogP contribution in [-0.2, 0) is 14.8 Å². The van der Waals surface area contributed by atoms with Crippen LogP contribution in [0.5, 0.6) is 0 Å². The summed E-state index contributed by atoms with van der Waals surface area (Å²) in [6, 6.07) is 0. The zero-order chi connectivity index (χ0) is 12.7. The highest BCUT2D eigenvalue weighted by Crippen LogP contribution is 2.15. The Morgan fingerprint density at radius 2 is 2.12 bits per heavy atom. The fourth-order valence-corrected chi connectivity index (χ4v) is 3.18. The van der Waals surface area contributed by atoms with Gasteiger partial charge >= 0.3 is 0 Å². The SMILES string of the molecule is CN(CC1CCCCO1)S(=O)(=O)CCCCO. The summed E-state index contributed by atoms with van der Waals surface area (Å²) in [5, 5.41) is 8.63. The van der Waals surface area contributed by atoms with Crippen LogP contribution in [0.4, 0.5) is 0 Å². The molecule has 1 fully saturated rings. The van der Waals surface area contributed by atoms with Crippen molar-refractivity contribution >= 4 is 10.0 Å². The van der Waals surface area contributed by atoms with Gasteiger partial charge in [0.25, 0.3) is 0 Å². The molecule has 0 aromatic heterocycles. The van der Waals surface area contributed by atoms with Gasteiger partial charge in [-0.2, -0.15) is 0 Å². The largest absolute Gasteiger partial charge is 0.396 e. The summed E-state index contributed by atoms with van der Waals surface area (Å²) in [6.07, 6.45) is 4.21. The molecule has 1 rings (SSSR count). The highest BCUT2D eigenvalue weighted by atomic mass is 32.2. The van der Waals surface area contributed by atoms with Crippen molar-refractivity contribution in [3.63, 3.8) is 0 Å². The Bertz CT molecular complexity index is 299. The molecule has 0 aromatic carbocycles. The maximum absolute atomic E-state index is 11.9. The highest BCUT2D eigenvalue weighted by Gasteiger charge is 2.23. The lowest BCUT2D eigenvalue weighted by Gasteiger charge is -2.27. The third-order valence-electron chi connectivity index (χ3n) is 3.02. The first-order valence-corrected chi connectivity index (χ1v) is 7.83. The predicted molar refractivity (Wildman–Crippen MR) is 66.3 cm³/mol. The second-order valence-corrected chi connectivity index (χ2v) is 6.71. The van der Waals surface area contributed by atoms with Crippen molar-refractivity contribution in [2.75, 3.05) is 32.6 Å². The number of nitrogens with zero attached hydrogens (tertiary/aromatic N) is 1. The third-order valence-corrected chi connectivity index (χ3v) is 4.92. The molecule has 17 heavy (non-hydrogen) atoms. The van der Waals surface area contributed by atoms with E-state index in [1.165, 1.54) is 4.31 Å². The Morgan fingerprint density at radius 1 is 1.35 bits per heavy atom. The zero-order valence-electron chi connectivity index (χ0n) is 10.5. The third kappa shape index (κ3) is 5.33. The lowest BCUT2D eigenvalue weighted by Crippen LogP contribution is -2.38. The van der Waals surface area contributed by atoms with Gasteiger partial charge in [-0.25, -0.2) is 12.7 Å². The average molecular weight is 265 g/mol. The number of unbranched alkanes of at least 4 members (excludes halogenated alkanes) is 1. The average Bonchev–Trinajstić information content (AvgIpc) is 2.30. The van der Waals surface area contributed by atoms with Gasteiger partial charge in [-0.3, -0.25) is 0 Å². The van der Waals surface area contributed by atoms with Crippen LogP contribution in [0.1, 0.15) is 32.1 Å². The molecule has 1 heterocycles. The van der Waals surface area contributed by atoms with Crippen LogP contribution in [0.25, 0.3) is 0 Å². The van der Waals surface area contributed by atoms with E-state index in [-0.39, 0.29) is 18.5 Å². The smallest absolute Gasteiger partial charge is 0.213 e. The van der Waals surface area contributed by atoms with Gasteiger partial charge in [-0.1, -0.05) is 0 Å². The van der Waals surface area contributed by atoms with Gasteiger partial charge in [0.15, 0.2) is 0 Å². The molecule has 6 heteroatoms. The summed E-state index contributed by atoms with van der Waals surface area (Å²) in [7, 11) is -1.59. The molecule has 0 radical (unpaired) electrons. The van der Waals surface area contributed by atoms with E-state index in [2.05, 4.69) is 0 Å². The quantitative estimate of drug-likeness (QED) is 0.684. The van der Waals surface area contributed by atoms with E-state index in [0.29, 0.717) is 19.4 Å². The van der Waals surface area contributed by atoms with Crippen LogP contribution < -0.4 is 0 Å². The minimum atomic E-state index is -3.19. The summed E-state index contributed by atoms with van der Waals surface area (Å²) < 4.78 is 30.6. The molecule has 1 N–H and O–H groups in total. The Kier molecular flexibility index (Phi) is 6.40. The van der Waals surface area contributed by atoms with E-state index in [1.54, 1.807) is 7.05 Å². The van der Waals surface area contributed by atoms with Crippen LogP contribution in [0.15, 0.2) is 0 Å². The summed E-state index contributed by atoms with van der Waals surface area (Å²) in [5.41, 5.74) is 0. The topological polar surface area (TPSA) is 66.8 Å². The molecule has 1 atom stereocenters. The van der Waals surface area contributed by atoms with Crippen LogP contribution in [0.2, 0.25) is 0 Å². The fraction of sp³-hybridized carbons (Fsp3) is 1.00. The monoisotopic (exact) mass is 265 g/mol. The van der Waals surface area contributed by atoms with Crippen molar-refractivity contribution < 1.29 is 18.3 Å². The summed E-state index contributed by atoms with van der Waals surface area (Å²) >= 11 is 0. The molecule has 0 aromatic rings. The van der Waals surface area contributed by atoms with Crippen LogP contribution >= 0.6 is 0 Å². The first-order chi connectivity index (χ1) is 8.06. The fourth-order valence-electron chi connectivity index (χ4n) is 1.90. The van der Waals surface area contributed by atoms with E-state index in [0.717, 1.165) is 25.9 Å². The number of hydrogen-bond acceptors (Lipinski definition) is 4. The minimum Gasteiger partial charge on any atom is -0.396 e. The second-order valence-electron chi connectivity index (χ2n) is 4.52. The van der Waals surface area contributed by atoms with Crippen LogP contribution in [0, 0.1) is 0 Å². The number of rotatable bonds is 7. The van der Waals surface area contributed by atoms with Crippen molar-refractivity contribution in [3.05, 3.63) is 0 Å². The maximum atomic E-state index is 11.9. The van der Waals surface area contributed by atoms with Crippen molar-refractivity contribution in [2.24, 2.45) is 0 Å². The molecule has 0 amide bonds.